The average molecular weight is 307 g/mol. The van der Waals surface area contributed by atoms with Gasteiger partial charge in [0.2, 0.25) is 0 Å². The lowest BCUT2D eigenvalue weighted by Gasteiger charge is -2.15. The van der Waals surface area contributed by atoms with Gasteiger partial charge in [-0.1, -0.05) is 55.5 Å². The topological polar surface area (TPSA) is 26.3 Å². The molecule has 102 valence electrons. The van der Waals surface area contributed by atoms with Gasteiger partial charge in [0, 0.05) is 11.8 Å². The van der Waals surface area contributed by atoms with Crippen LogP contribution in [0.2, 0.25) is 0 Å². The van der Waals surface area contributed by atoms with Crippen LogP contribution in [0.4, 0.5) is 0 Å². The smallest absolute Gasteiger partial charge is 0.306 e. The Bertz CT molecular complexity index is 183. The Hall–Kier alpha value is -0.0500. The molecule has 0 fully saturated rings. The Balaban J connectivity index is 3.57. The van der Waals surface area contributed by atoms with Crippen LogP contribution in [0.5, 0.6) is 0 Å². The Morgan fingerprint density at radius 2 is 1.82 bits per heavy atom. The fraction of sp³-hybridized carbons (Fsp3) is 0.929. The van der Waals surface area contributed by atoms with Crippen LogP contribution in [0.15, 0.2) is 0 Å². The third kappa shape index (κ3) is 10.8. The minimum absolute atomic E-state index is 0.0372. The standard InChI is InChI=1S/C14H27BrO2/c1-3-5-6-7-8-10-13(4-2)17-14(16)11-9-12-15/h13H,3-12H2,1-2H3. The SMILES string of the molecule is CCCCCCCC(CC)OC(=O)CCCBr. The summed E-state index contributed by atoms with van der Waals surface area (Å²) < 4.78 is 5.45. The minimum atomic E-state index is -0.0372. The molecular weight excluding hydrogens is 280 g/mol. The van der Waals surface area contributed by atoms with E-state index >= 15 is 0 Å². The van der Waals surface area contributed by atoms with Gasteiger partial charge < -0.3 is 4.74 Å². The Labute approximate surface area is 115 Å². The van der Waals surface area contributed by atoms with Crippen LogP contribution >= 0.6 is 15.9 Å². The van der Waals surface area contributed by atoms with E-state index in [0.717, 1.165) is 24.6 Å². The molecule has 0 rings (SSSR count). The first-order valence-electron chi connectivity index (χ1n) is 7.00. The van der Waals surface area contributed by atoms with Gasteiger partial charge in [0.05, 0.1) is 0 Å². The van der Waals surface area contributed by atoms with Crippen molar-refractivity contribution in [1.29, 1.82) is 0 Å². The number of halogens is 1. The zero-order chi connectivity index (χ0) is 12.9. The Kier molecular flexibility index (Phi) is 12.4. The highest BCUT2D eigenvalue weighted by molar-refractivity contribution is 9.09. The molecule has 0 amide bonds. The summed E-state index contributed by atoms with van der Waals surface area (Å²) in [5.41, 5.74) is 0. The van der Waals surface area contributed by atoms with E-state index in [0.29, 0.717) is 6.42 Å². The molecule has 0 bridgehead atoms. The van der Waals surface area contributed by atoms with E-state index in [1.165, 1.54) is 32.1 Å². The van der Waals surface area contributed by atoms with Crippen molar-refractivity contribution in [2.24, 2.45) is 0 Å². The first-order valence-corrected chi connectivity index (χ1v) is 8.12. The summed E-state index contributed by atoms with van der Waals surface area (Å²) in [5.74, 6) is -0.0372. The summed E-state index contributed by atoms with van der Waals surface area (Å²) in [6, 6.07) is 0. The Morgan fingerprint density at radius 3 is 2.41 bits per heavy atom. The van der Waals surface area contributed by atoms with Gasteiger partial charge in [-0.2, -0.15) is 0 Å². The second-order valence-electron chi connectivity index (χ2n) is 4.52. The van der Waals surface area contributed by atoms with E-state index in [4.69, 9.17) is 4.74 Å². The monoisotopic (exact) mass is 306 g/mol. The molecule has 0 aliphatic rings. The van der Waals surface area contributed by atoms with E-state index in [2.05, 4.69) is 29.8 Å². The van der Waals surface area contributed by atoms with E-state index < -0.39 is 0 Å². The lowest BCUT2D eigenvalue weighted by atomic mass is 10.1. The molecule has 1 atom stereocenters. The molecule has 0 aromatic heterocycles. The summed E-state index contributed by atoms with van der Waals surface area (Å²) in [6.07, 6.45) is 9.87. The van der Waals surface area contributed by atoms with Crippen molar-refractivity contribution >= 4 is 21.9 Å². The molecule has 0 aromatic carbocycles. The zero-order valence-electron chi connectivity index (χ0n) is 11.3. The molecule has 0 aliphatic carbocycles. The number of esters is 1. The normalized spacial score (nSPS) is 12.4. The summed E-state index contributed by atoms with van der Waals surface area (Å²) in [7, 11) is 0. The summed E-state index contributed by atoms with van der Waals surface area (Å²) >= 11 is 3.32. The molecular formula is C14H27BrO2. The van der Waals surface area contributed by atoms with Crippen LogP contribution in [0.1, 0.15) is 71.6 Å². The lowest BCUT2D eigenvalue weighted by molar-refractivity contribution is -0.149. The maximum atomic E-state index is 11.5. The highest BCUT2D eigenvalue weighted by Gasteiger charge is 2.11. The molecule has 2 nitrogen and oxygen atoms in total. The van der Waals surface area contributed by atoms with Gasteiger partial charge in [-0.15, -0.1) is 0 Å². The van der Waals surface area contributed by atoms with E-state index in [-0.39, 0.29) is 12.1 Å². The maximum Gasteiger partial charge on any atom is 0.306 e. The number of hydrogen-bond donors (Lipinski definition) is 0. The number of unbranched alkanes of at least 4 members (excludes halogenated alkanes) is 4. The van der Waals surface area contributed by atoms with Crippen molar-refractivity contribution in [3.63, 3.8) is 0 Å². The quantitative estimate of drug-likeness (QED) is 0.310. The third-order valence-electron chi connectivity index (χ3n) is 2.90. The Morgan fingerprint density at radius 1 is 1.12 bits per heavy atom. The molecule has 0 saturated heterocycles. The number of hydrogen-bond acceptors (Lipinski definition) is 2. The van der Waals surface area contributed by atoms with Crippen LogP contribution in [-0.4, -0.2) is 17.4 Å². The third-order valence-corrected chi connectivity index (χ3v) is 3.46. The molecule has 0 saturated carbocycles. The van der Waals surface area contributed by atoms with E-state index in [1.807, 2.05) is 0 Å². The van der Waals surface area contributed by atoms with Crippen LogP contribution in [-0.2, 0) is 9.53 Å². The first kappa shape index (κ1) is 16.9. The molecule has 3 heteroatoms. The number of ether oxygens (including phenoxy) is 1. The van der Waals surface area contributed by atoms with Gasteiger partial charge in [0.15, 0.2) is 0 Å². The molecule has 0 aromatic rings. The van der Waals surface area contributed by atoms with Gasteiger partial charge in [-0.25, -0.2) is 0 Å². The fourth-order valence-electron chi connectivity index (χ4n) is 1.78. The van der Waals surface area contributed by atoms with E-state index in [1.54, 1.807) is 0 Å². The molecule has 0 aliphatic heterocycles. The second kappa shape index (κ2) is 12.4. The van der Waals surface area contributed by atoms with Crippen molar-refractivity contribution in [2.45, 2.75) is 77.7 Å². The molecule has 0 radical (unpaired) electrons. The van der Waals surface area contributed by atoms with Crippen molar-refractivity contribution in [1.82, 2.24) is 0 Å². The second-order valence-corrected chi connectivity index (χ2v) is 5.31. The van der Waals surface area contributed by atoms with Gasteiger partial charge in [0.1, 0.15) is 6.10 Å². The van der Waals surface area contributed by atoms with Crippen LogP contribution in [0.25, 0.3) is 0 Å². The molecule has 0 spiro atoms. The van der Waals surface area contributed by atoms with Crippen molar-refractivity contribution in [3.05, 3.63) is 0 Å². The van der Waals surface area contributed by atoms with Gasteiger partial charge in [0.25, 0.3) is 0 Å². The maximum absolute atomic E-state index is 11.5. The van der Waals surface area contributed by atoms with Crippen molar-refractivity contribution in [2.75, 3.05) is 5.33 Å². The summed E-state index contributed by atoms with van der Waals surface area (Å²) in [6.45, 7) is 4.31. The molecule has 0 heterocycles. The fourth-order valence-corrected chi connectivity index (χ4v) is 2.06. The van der Waals surface area contributed by atoms with E-state index in [9.17, 15) is 4.79 Å². The summed E-state index contributed by atoms with van der Waals surface area (Å²) in [4.78, 5) is 11.5. The predicted octanol–water partition coefficient (Wildman–Crippen LogP) is 4.84. The number of alkyl halides is 1. The van der Waals surface area contributed by atoms with Crippen LogP contribution < -0.4 is 0 Å². The number of carbonyl (C=O) groups excluding carboxylic acids is 1. The largest absolute Gasteiger partial charge is 0.462 e. The van der Waals surface area contributed by atoms with Gasteiger partial charge in [-0.05, 0) is 25.7 Å². The van der Waals surface area contributed by atoms with Gasteiger partial charge in [-0.3, -0.25) is 4.79 Å². The van der Waals surface area contributed by atoms with Gasteiger partial charge >= 0.3 is 5.97 Å². The highest BCUT2D eigenvalue weighted by atomic mass is 79.9. The van der Waals surface area contributed by atoms with Crippen molar-refractivity contribution < 1.29 is 9.53 Å². The molecule has 1 unspecified atom stereocenters. The summed E-state index contributed by atoms with van der Waals surface area (Å²) in [5, 5.41) is 0.871. The lowest BCUT2D eigenvalue weighted by Crippen LogP contribution is -2.17. The predicted molar refractivity (Wildman–Crippen MR) is 76.6 cm³/mol. The zero-order valence-corrected chi connectivity index (χ0v) is 12.9. The average Bonchev–Trinajstić information content (AvgIpc) is 2.34. The van der Waals surface area contributed by atoms with Crippen LogP contribution in [0.3, 0.4) is 0 Å². The van der Waals surface area contributed by atoms with Crippen LogP contribution in [0, 0.1) is 0 Å². The highest BCUT2D eigenvalue weighted by Crippen LogP contribution is 2.13. The number of carbonyl (C=O) groups is 1. The number of rotatable bonds is 11. The minimum Gasteiger partial charge on any atom is -0.462 e. The molecule has 0 N–H and O–H groups in total. The van der Waals surface area contributed by atoms with Crippen molar-refractivity contribution in [3.8, 4) is 0 Å². The first-order chi connectivity index (χ1) is 8.24. The molecule has 17 heavy (non-hydrogen) atoms.